The van der Waals surface area contributed by atoms with Gasteiger partial charge in [-0.2, -0.15) is 5.26 Å². The van der Waals surface area contributed by atoms with Gasteiger partial charge in [-0.1, -0.05) is 12.1 Å². The highest BCUT2D eigenvalue weighted by molar-refractivity contribution is 6.09. The number of hydrogen-bond acceptors (Lipinski definition) is 4. The molecule has 1 N–H and O–H groups in total. The molecule has 25 heavy (non-hydrogen) atoms. The quantitative estimate of drug-likeness (QED) is 0.815. The Balaban J connectivity index is 1.74. The van der Waals surface area contributed by atoms with E-state index in [1.54, 1.807) is 43.1 Å². The van der Waals surface area contributed by atoms with E-state index < -0.39 is 17.5 Å². The van der Waals surface area contributed by atoms with E-state index in [4.69, 9.17) is 5.26 Å². The van der Waals surface area contributed by atoms with Gasteiger partial charge in [0.15, 0.2) is 0 Å². The number of benzene rings is 1. The standard InChI is InChI=1S/C18H20N4O3/c1-18(14-7-5-12(9-19)6-8-14)16(24)22(17(25)20-18)11-15(23)21(2)10-13-3-4-13/h5-8,13H,3-4,10-11H2,1-2H3,(H,20,25). The van der Waals surface area contributed by atoms with Crippen molar-refractivity contribution in [2.24, 2.45) is 5.92 Å². The zero-order valence-corrected chi connectivity index (χ0v) is 14.3. The topological polar surface area (TPSA) is 93.5 Å². The third kappa shape index (κ3) is 3.20. The van der Waals surface area contributed by atoms with Gasteiger partial charge < -0.3 is 10.2 Å². The van der Waals surface area contributed by atoms with Crippen molar-refractivity contribution in [2.45, 2.75) is 25.3 Å². The molecule has 7 nitrogen and oxygen atoms in total. The van der Waals surface area contributed by atoms with Crippen LogP contribution in [0.25, 0.3) is 0 Å². The van der Waals surface area contributed by atoms with E-state index in [0.29, 0.717) is 23.6 Å². The van der Waals surface area contributed by atoms with Gasteiger partial charge in [-0.05, 0) is 43.4 Å². The lowest BCUT2D eigenvalue weighted by molar-refractivity contribution is -0.138. The number of nitrogens with zero attached hydrogens (tertiary/aromatic N) is 3. The summed E-state index contributed by atoms with van der Waals surface area (Å²) in [7, 11) is 1.69. The number of carbonyl (C=O) groups is 3. The zero-order valence-electron chi connectivity index (χ0n) is 14.3. The highest BCUT2D eigenvalue weighted by Crippen LogP contribution is 2.30. The predicted octanol–water partition coefficient (Wildman–Crippen LogP) is 1.19. The Hall–Kier alpha value is -2.88. The van der Waals surface area contributed by atoms with Gasteiger partial charge in [0, 0.05) is 13.6 Å². The fourth-order valence-electron chi connectivity index (χ4n) is 2.96. The molecule has 1 saturated heterocycles. The molecule has 1 aliphatic carbocycles. The lowest BCUT2D eigenvalue weighted by Crippen LogP contribution is -2.44. The van der Waals surface area contributed by atoms with Gasteiger partial charge in [-0.15, -0.1) is 0 Å². The lowest BCUT2D eigenvalue weighted by Gasteiger charge is -2.23. The van der Waals surface area contributed by atoms with E-state index in [9.17, 15) is 14.4 Å². The van der Waals surface area contributed by atoms with Gasteiger partial charge in [-0.3, -0.25) is 14.5 Å². The molecular weight excluding hydrogens is 320 g/mol. The van der Waals surface area contributed by atoms with Gasteiger partial charge in [0.25, 0.3) is 5.91 Å². The van der Waals surface area contributed by atoms with Crippen molar-refractivity contribution in [1.29, 1.82) is 5.26 Å². The Morgan fingerprint density at radius 3 is 2.56 bits per heavy atom. The second-order valence-electron chi connectivity index (χ2n) is 6.85. The van der Waals surface area contributed by atoms with Crippen molar-refractivity contribution >= 4 is 17.8 Å². The fourth-order valence-corrected chi connectivity index (χ4v) is 2.96. The van der Waals surface area contributed by atoms with Crippen LogP contribution in [0.3, 0.4) is 0 Å². The van der Waals surface area contributed by atoms with Gasteiger partial charge in [0.05, 0.1) is 11.6 Å². The molecule has 1 atom stereocenters. The molecule has 1 aliphatic heterocycles. The van der Waals surface area contributed by atoms with Crippen LogP contribution in [0.5, 0.6) is 0 Å². The van der Waals surface area contributed by atoms with Crippen molar-refractivity contribution in [2.75, 3.05) is 20.1 Å². The van der Waals surface area contributed by atoms with Gasteiger partial charge in [0.1, 0.15) is 12.1 Å². The van der Waals surface area contributed by atoms with Crippen LogP contribution in [0.2, 0.25) is 0 Å². The Labute approximate surface area is 146 Å². The highest BCUT2D eigenvalue weighted by atomic mass is 16.2. The average Bonchev–Trinajstić information content (AvgIpc) is 3.38. The van der Waals surface area contributed by atoms with Gasteiger partial charge >= 0.3 is 6.03 Å². The number of imide groups is 1. The number of nitrogens with one attached hydrogen (secondary N) is 1. The molecule has 1 unspecified atom stereocenters. The summed E-state index contributed by atoms with van der Waals surface area (Å²) in [4.78, 5) is 39.9. The van der Waals surface area contributed by atoms with Gasteiger partial charge in [-0.25, -0.2) is 4.79 Å². The van der Waals surface area contributed by atoms with E-state index in [-0.39, 0.29) is 12.5 Å². The summed E-state index contributed by atoms with van der Waals surface area (Å²) in [5.74, 6) is -0.171. The molecular formula is C18H20N4O3. The molecule has 0 bridgehead atoms. The van der Waals surface area contributed by atoms with Crippen LogP contribution >= 0.6 is 0 Å². The molecule has 0 aromatic heterocycles. The van der Waals surface area contributed by atoms with Gasteiger partial charge in [0.2, 0.25) is 5.91 Å². The molecule has 130 valence electrons. The summed E-state index contributed by atoms with van der Waals surface area (Å²) in [6, 6.07) is 7.90. The van der Waals surface area contributed by atoms with E-state index in [1.807, 2.05) is 6.07 Å². The molecule has 0 spiro atoms. The van der Waals surface area contributed by atoms with Crippen molar-refractivity contribution < 1.29 is 14.4 Å². The van der Waals surface area contributed by atoms with Crippen LogP contribution in [-0.2, 0) is 15.1 Å². The van der Waals surface area contributed by atoms with Crippen LogP contribution in [-0.4, -0.2) is 47.8 Å². The largest absolute Gasteiger partial charge is 0.344 e. The summed E-state index contributed by atoms with van der Waals surface area (Å²) in [5, 5.41) is 11.5. The third-order valence-corrected chi connectivity index (χ3v) is 4.81. The Morgan fingerprint density at radius 2 is 2.00 bits per heavy atom. The number of amides is 4. The first kappa shape index (κ1) is 17.0. The molecule has 3 rings (SSSR count). The average molecular weight is 340 g/mol. The van der Waals surface area contributed by atoms with Crippen molar-refractivity contribution in [1.82, 2.24) is 15.1 Å². The van der Waals surface area contributed by atoms with Crippen LogP contribution in [0.15, 0.2) is 24.3 Å². The molecule has 4 amide bonds. The molecule has 7 heteroatoms. The lowest BCUT2D eigenvalue weighted by atomic mass is 9.91. The number of rotatable bonds is 5. The summed E-state index contributed by atoms with van der Waals surface area (Å²) >= 11 is 0. The van der Waals surface area contributed by atoms with E-state index >= 15 is 0 Å². The van der Waals surface area contributed by atoms with E-state index in [1.165, 1.54) is 0 Å². The summed E-state index contributed by atoms with van der Waals surface area (Å²) in [6.07, 6.45) is 2.25. The molecule has 2 fully saturated rings. The maximum absolute atomic E-state index is 12.8. The minimum atomic E-state index is -1.24. The fraction of sp³-hybridized carbons (Fsp3) is 0.444. The maximum Gasteiger partial charge on any atom is 0.325 e. The predicted molar refractivity (Wildman–Crippen MR) is 89.1 cm³/mol. The van der Waals surface area contributed by atoms with Crippen molar-refractivity contribution in [3.63, 3.8) is 0 Å². The second kappa shape index (κ2) is 6.20. The molecule has 0 radical (unpaired) electrons. The molecule has 1 heterocycles. The highest BCUT2D eigenvalue weighted by Gasteiger charge is 2.49. The first-order valence-electron chi connectivity index (χ1n) is 8.24. The first-order chi connectivity index (χ1) is 11.8. The first-order valence-corrected chi connectivity index (χ1v) is 8.24. The minimum absolute atomic E-state index is 0.250. The number of nitriles is 1. The summed E-state index contributed by atoms with van der Waals surface area (Å²) in [6.45, 7) is 2.00. The Kier molecular flexibility index (Phi) is 4.21. The smallest absolute Gasteiger partial charge is 0.325 e. The molecule has 2 aliphatic rings. The molecule has 1 aromatic rings. The third-order valence-electron chi connectivity index (χ3n) is 4.81. The number of hydrogen-bond donors (Lipinski definition) is 1. The van der Waals surface area contributed by atoms with E-state index in [0.717, 1.165) is 17.7 Å². The number of carbonyl (C=O) groups excluding carboxylic acids is 3. The Morgan fingerprint density at radius 1 is 1.36 bits per heavy atom. The summed E-state index contributed by atoms with van der Waals surface area (Å²) in [5.41, 5.74) is -0.190. The SMILES string of the molecule is CN(CC1CC1)C(=O)CN1C(=O)NC(C)(c2ccc(C#N)cc2)C1=O. The van der Waals surface area contributed by atoms with Crippen LogP contribution in [0.4, 0.5) is 4.79 Å². The van der Waals surface area contributed by atoms with E-state index in [2.05, 4.69) is 5.32 Å². The van der Waals surface area contributed by atoms with Crippen molar-refractivity contribution in [3.8, 4) is 6.07 Å². The maximum atomic E-state index is 12.8. The number of likely N-dealkylation sites (N-methyl/N-ethyl adjacent to an activating group) is 1. The number of urea groups is 1. The van der Waals surface area contributed by atoms with Crippen LogP contribution in [0, 0.1) is 17.2 Å². The molecule has 1 saturated carbocycles. The van der Waals surface area contributed by atoms with Crippen molar-refractivity contribution in [3.05, 3.63) is 35.4 Å². The summed E-state index contributed by atoms with van der Waals surface area (Å²) < 4.78 is 0. The second-order valence-corrected chi connectivity index (χ2v) is 6.85. The Bertz CT molecular complexity index is 764. The van der Waals surface area contributed by atoms with Crippen LogP contribution < -0.4 is 5.32 Å². The normalized spacial score (nSPS) is 22.5. The van der Waals surface area contributed by atoms with Crippen LogP contribution in [0.1, 0.15) is 30.9 Å². The minimum Gasteiger partial charge on any atom is -0.344 e. The zero-order chi connectivity index (χ0) is 18.2. The molecule has 1 aromatic carbocycles. The monoisotopic (exact) mass is 340 g/mol.